The van der Waals surface area contributed by atoms with E-state index in [0.717, 1.165) is 32.1 Å². The first-order chi connectivity index (χ1) is 10.5. The zero-order valence-corrected chi connectivity index (χ0v) is 17.4. The second-order valence-electron chi connectivity index (χ2n) is 5.49. The Balaban J connectivity index is 0. The maximum atomic E-state index is 10.9. The fourth-order valence-corrected chi connectivity index (χ4v) is 2.45. The number of unbranched alkanes of at least 4 members (excludes halogenated alkanes) is 9. The van der Waals surface area contributed by atoms with Gasteiger partial charge in [0.2, 0.25) is 0 Å². The van der Waals surface area contributed by atoms with Gasteiger partial charge in [0, 0.05) is 6.42 Å². The third-order valence-corrected chi connectivity index (χ3v) is 3.73. The fourth-order valence-electron chi connectivity index (χ4n) is 2.14. The van der Waals surface area contributed by atoms with Crippen molar-refractivity contribution in [3.63, 3.8) is 0 Å². The monoisotopic (exact) mass is 356 g/mol. The molecule has 0 radical (unpaired) electrons. The van der Waals surface area contributed by atoms with Gasteiger partial charge < -0.3 is 8.74 Å². The summed E-state index contributed by atoms with van der Waals surface area (Å²) in [6.07, 6.45) is 16.6. The van der Waals surface area contributed by atoms with Crippen LogP contribution in [0.25, 0.3) is 0 Å². The molecule has 0 aromatic carbocycles. The Hall–Kier alpha value is 0.120. The second kappa shape index (κ2) is 17.0. The van der Waals surface area contributed by atoms with Crippen LogP contribution in [0.1, 0.15) is 84.0 Å². The minimum absolute atomic E-state index is 0. The summed E-state index contributed by atoms with van der Waals surface area (Å²) >= 11 is 0. The van der Waals surface area contributed by atoms with Gasteiger partial charge in [-0.1, -0.05) is 57.6 Å². The summed E-state index contributed by atoms with van der Waals surface area (Å²) in [5, 5.41) is 0. The van der Waals surface area contributed by atoms with Crippen molar-refractivity contribution in [2.45, 2.75) is 84.0 Å². The molecule has 0 saturated carbocycles. The predicted octanol–water partition coefficient (Wildman–Crippen LogP) is 1.25. The molecule has 0 aliphatic carbocycles. The molecule has 7 heteroatoms. The van der Waals surface area contributed by atoms with Crippen LogP contribution in [-0.4, -0.2) is 18.9 Å². The first-order valence-corrected chi connectivity index (χ1v) is 9.62. The zero-order chi connectivity index (χ0) is 16.7. The van der Waals surface area contributed by atoms with Crippen LogP contribution in [0.4, 0.5) is 0 Å². The fraction of sp³-hybridized carbons (Fsp3) is 0.812. The average Bonchev–Trinajstić information content (AvgIpc) is 2.42. The van der Waals surface area contributed by atoms with Crippen molar-refractivity contribution in [3.05, 3.63) is 12.2 Å². The van der Waals surface area contributed by atoms with E-state index < -0.39 is 16.4 Å². The van der Waals surface area contributed by atoms with E-state index in [1.807, 2.05) is 0 Å². The maximum Gasteiger partial charge on any atom is 1.00 e. The molecule has 0 atom stereocenters. The average molecular weight is 356 g/mol. The zero-order valence-electron chi connectivity index (χ0n) is 14.6. The van der Waals surface area contributed by atoms with E-state index in [1.54, 1.807) is 0 Å². The van der Waals surface area contributed by atoms with Crippen molar-refractivity contribution in [2.24, 2.45) is 0 Å². The van der Waals surface area contributed by atoms with Crippen molar-refractivity contribution in [2.75, 3.05) is 0 Å². The van der Waals surface area contributed by atoms with Crippen LogP contribution >= 0.6 is 0 Å². The molecule has 0 unspecified atom stereocenters. The van der Waals surface area contributed by atoms with E-state index in [0.29, 0.717) is 6.42 Å². The summed E-state index contributed by atoms with van der Waals surface area (Å²) in [6.45, 7) is 2.21. The molecular formula is C16H29NaO5S. The molecule has 0 amide bonds. The Morgan fingerprint density at radius 3 is 1.91 bits per heavy atom. The molecule has 0 aromatic heterocycles. The third kappa shape index (κ3) is 22.1. The third-order valence-electron chi connectivity index (χ3n) is 3.34. The molecule has 0 spiro atoms. The Kier molecular flexibility index (Phi) is 18.7. The number of hydrogen-bond donors (Lipinski definition) is 0. The molecule has 0 N–H and O–H groups in total. The summed E-state index contributed by atoms with van der Waals surface area (Å²) < 4.78 is 34.2. The van der Waals surface area contributed by atoms with Gasteiger partial charge in [-0.05, 0) is 32.1 Å². The topological polar surface area (TPSA) is 83.5 Å². The molecular weight excluding hydrogens is 327 g/mol. The number of hydrogen-bond acceptors (Lipinski definition) is 5. The van der Waals surface area contributed by atoms with Crippen LogP contribution in [0.2, 0.25) is 0 Å². The Morgan fingerprint density at radius 1 is 0.913 bits per heavy atom. The van der Waals surface area contributed by atoms with Crippen LogP contribution in [0.5, 0.6) is 0 Å². The summed E-state index contributed by atoms with van der Waals surface area (Å²) in [4.78, 5) is 10.9. The largest absolute Gasteiger partial charge is 1.00 e. The van der Waals surface area contributed by atoms with Crippen LogP contribution in [0.3, 0.4) is 0 Å². The van der Waals surface area contributed by atoms with Crippen molar-refractivity contribution in [3.8, 4) is 0 Å². The minimum atomic E-state index is -4.90. The number of carbonyl (C=O) groups is 1. The summed E-state index contributed by atoms with van der Waals surface area (Å²) in [6, 6.07) is 0. The molecule has 0 fully saturated rings. The summed E-state index contributed by atoms with van der Waals surface area (Å²) in [7, 11) is -4.90. The van der Waals surface area contributed by atoms with Gasteiger partial charge >= 0.3 is 35.5 Å². The van der Waals surface area contributed by atoms with Gasteiger partial charge in [0.25, 0.3) is 10.4 Å². The van der Waals surface area contributed by atoms with Crippen molar-refractivity contribution in [1.82, 2.24) is 0 Å². The first kappa shape index (κ1) is 25.4. The Labute approximate surface area is 163 Å². The maximum absolute atomic E-state index is 10.9. The normalized spacial score (nSPS) is 11.4. The van der Waals surface area contributed by atoms with Crippen LogP contribution < -0.4 is 29.6 Å². The van der Waals surface area contributed by atoms with Gasteiger partial charge in [-0.15, -0.1) is 0 Å². The standard InChI is InChI=1S/C16H30O5S.Na/c1-2-3-4-5-6-7-8-9-10-11-12-13-14-15-16(17)21-22(18,19)20;/h7-8H,2-6,9-15H2,1H3,(H,18,19,20);/q;+1/p-1/b8-7-;. The molecule has 0 heterocycles. The van der Waals surface area contributed by atoms with Crippen molar-refractivity contribution >= 4 is 16.4 Å². The molecule has 0 bridgehead atoms. The summed E-state index contributed by atoms with van der Waals surface area (Å²) in [5.41, 5.74) is 0. The van der Waals surface area contributed by atoms with E-state index in [1.165, 1.54) is 32.1 Å². The second-order valence-corrected chi connectivity index (χ2v) is 6.47. The molecule has 23 heavy (non-hydrogen) atoms. The van der Waals surface area contributed by atoms with E-state index >= 15 is 0 Å². The van der Waals surface area contributed by atoms with Crippen molar-refractivity contribution < 1.29 is 51.5 Å². The molecule has 0 aliphatic rings. The summed E-state index contributed by atoms with van der Waals surface area (Å²) in [5.74, 6) is -0.957. The van der Waals surface area contributed by atoms with E-state index in [4.69, 9.17) is 0 Å². The van der Waals surface area contributed by atoms with Crippen molar-refractivity contribution in [1.29, 1.82) is 0 Å². The molecule has 130 valence electrons. The molecule has 0 aromatic rings. The molecule has 0 rings (SSSR count). The molecule has 0 saturated heterocycles. The van der Waals surface area contributed by atoms with Gasteiger partial charge in [-0.2, -0.15) is 0 Å². The Morgan fingerprint density at radius 2 is 1.39 bits per heavy atom. The minimum Gasteiger partial charge on any atom is -0.716 e. The van der Waals surface area contributed by atoms with Gasteiger partial charge in [-0.3, -0.25) is 4.79 Å². The van der Waals surface area contributed by atoms with Crippen LogP contribution in [0, 0.1) is 0 Å². The molecule has 5 nitrogen and oxygen atoms in total. The Bertz CT molecular complexity index is 407. The quantitative estimate of drug-likeness (QED) is 0.154. The van der Waals surface area contributed by atoms with E-state index in [2.05, 4.69) is 23.3 Å². The van der Waals surface area contributed by atoms with Crippen LogP contribution in [0.15, 0.2) is 12.2 Å². The number of carbonyl (C=O) groups excluding carboxylic acids is 1. The van der Waals surface area contributed by atoms with Gasteiger partial charge in [-0.25, -0.2) is 8.42 Å². The van der Waals surface area contributed by atoms with Gasteiger partial charge in [0.15, 0.2) is 0 Å². The van der Waals surface area contributed by atoms with Gasteiger partial charge in [0.05, 0.1) is 0 Å². The SMILES string of the molecule is CCCCCC/C=C\CCCCCCCC(=O)OS(=O)(=O)[O-].[Na+]. The number of rotatable bonds is 14. The van der Waals surface area contributed by atoms with E-state index in [9.17, 15) is 17.8 Å². The molecule has 0 aliphatic heterocycles. The predicted molar refractivity (Wildman–Crippen MR) is 86.0 cm³/mol. The smallest absolute Gasteiger partial charge is 0.716 e. The number of allylic oxidation sites excluding steroid dienone is 2. The van der Waals surface area contributed by atoms with Gasteiger partial charge in [0.1, 0.15) is 0 Å². The van der Waals surface area contributed by atoms with E-state index in [-0.39, 0.29) is 36.0 Å². The van der Waals surface area contributed by atoms with Crippen LogP contribution in [-0.2, 0) is 19.4 Å². The first-order valence-electron chi connectivity index (χ1n) is 8.29.